The highest BCUT2D eigenvalue weighted by atomic mass is 32.2. The quantitative estimate of drug-likeness (QED) is 0.689. The molecule has 8 nitrogen and oxygen atoms in total. The highest BCUT2D eigenvalue weighted by molar-refractivity contribution is 7.86. The molecule has 0 aliphatic carbocycles. The van der Waals surface area contributed by atoms with E-state index in [-0.39, 0.29) is 11.8 Å². The van der Waals surface area contributed by atoms with Crippen molar-refractivity contribution >= 4 is 16.1 Å². The standard InChI is InChI=1S/C23H38N4O4S/c1-17-14-20(15-18(2)22(17)28)16-19(3)23(29)26-8-6-21(7-9-26)25-10-12-27(13-11-25)32(30,31)24(4)5/h14-15,19,21,28H,6-13,16H2,1-5H3/t19-/m1/s1. The molecular formula is C23H38N4O4S. The van der Waals surface area contributed by atoms with Crippen molar-refractivity contribution in [3.63, 3.8) is 0 Å². The molecule has 2 fully saturated rings. The third-order valence-corrected chi connectivity index (χ3v) is 8.81. The fourth-order valence-corrected chi connectivity index (χ4v) is 5.98. The van der Waals surface area contributed by atoms with Crippen LogP contribution in [0.3, 0.4) is 0 Å². The van der Waals surface area contributed by atoms with Crippen LogP contribution in [0.1, 0.15) is 36.5 Å². The summed E-state index contributed by atoms with van der Waals surface area (Å²) >= 11 is 0. The van der Waals surface area contributed by atoms with E-state index in [2.05, 4.69) is 4.90 Å². The number of hydrogen-bond donors (Lipinski definition) is 1. The van der Waals surface area contributed by atoms with Crippen molar-refractivity contribution in [1.82, 2.24) is 18.4 Å². The van der Waals surface area contributed by atoms with Gasteiger partial charge in [0.2, 0.25) is 5.91 Å². The first-order valence-electron chi connectivity index (χ1n) is 11.5. The average molecular weight is 467 g/mol. The van der Waals surface area contributed by atoms with E-state index in [1.807, 2.05) is 37.8 Å². The summed E-state index contributed by atoms with van der Waals surface area (Å²) in [6.45, 7) is 9.76. The summed E-state index contributed by atoms with van der Waals surface area (Å²) in [4.78, 5) is 17.4. The fraction of sp³-hybridized carbons (Fsp3) is 0.696. The van der Waals surface area contributed by atoms with Crippen molar-refractivity contribution in [1.29, 1.82) is 0 Å². The Labute approximate surface area is 193 Å². The number of benzene rings is 1. The van der Waals surface area contributed by atoms with Gasteiger partial charge >= 0.3 is 0 Å². The summed E-state index contributed by atoms with van der Waals surface area (Å²) in [5.41, 5.74) is 2.77. The van der Waals surface area contributed by atoms with Crippen LogP contribution < -0.4 is 0 Å². The predicted octanol–water partition coefficient (Wildman–Crippen LogP) is 1.60. The molecule has 1 aromatic rings. The number of likely N-dealkylation sites (tertiary alicyclic amines) is 1. The molecule has 1 amide bonds. The van der Waals surface area contributed by atoms with Crippen LogP contribution in [0.2, 0.25) is 0 Å². The maximum absolute atomic E-state index is 13.0. The van der Waals surface area contributed by atoms with Crippen LogP contribution in [-0.4, -0.2) is 97.2 Å². The Morgan fingerprint density at radius 3 is 2.09 bits per heavy atom. The fourth-order valence-electron chi connectivity index (χ4n) is 4.90. The first-order chi connectivity index (χ1) is 15.0. The van der Waals surface area contributed by atoms with E-state index in [0.29, 0.717) is 31.3 Å². The van der Waals surface area contributed by atoms with Crippen molar-refractivity contribution < 1.29 is 18.3 Å². The van der Waals surface area contributed by atoms with E-state index in [4.69, 9.17) is 0 Å². The molecule has 0 spiro atoms. The lowest BCUT2D eigenvalue weighted by Gasteiger charge is -2.43. The molecule has 1 N–H and O–H groups in total. The Hall–Kier alpha value is -1.68. The zero-order valence-electron chi connectivity index (χ0n) is 20.0. The molecule has 180 valence electrons. The molecule has 0 unspecified atom stereocenters. The Morgan fingerprint density at radius 2 is 1.59 bits per heavy atom. The van der Waals surface area contributed by atoms with Crippen LogP contribution in [0.4, 0.5) is 0 Å². The number of rotatable bonds is 6. The van der Waals surface area contributed by atoms with Gasteiger partial charge in [-0.25, -0.2) is 0 Å². The van der Waals surface area contributed by atoms with Crippen molar-refractivity contribution in [3.05, 3.63) is 28.8 Å². The van der Waals surface area contributed by atoms with Crippen LogP contribution in [0, 0.1) is 19.8 Å². The Bertz CT molecular complexity index is 895. The van der Waals surface area contributed by atoms with Crippen LogP contribution >= 0.6 is 0 Å². The smallest absolute Gasteiger partial charge is 0.281 e. The summed E-state index contributed by atoms with van der Waals surface area (Å²) in [5, 5.41) is 9.98. The number of carbonyl (C=O) groups excluding carboxylic acids is 1. The highest BCUT2D eigenvalue weighted by Gasteiger charge is 2.33. The minimum Gasteiger partial charge on any atom is -0.507 e. The molecule has 1 atom stereocenters. The van der Waals surface area contributed by atoms with Gasteiger partial charge in [0.1, 0.15) is 5.75 Å². The second-order valence-electron chi connectivity index (χ2n) is 9.47. The van der Waals surface area contributed by atoms with Crippen molar-refractivity contribution in [3.8, 4) is 5.75 Å². The topological polar surface area (TPSA) is 84.4 Å². The van der Waals surface area contributed by atoms with Gasteiger partial charge in [-0.05, 0) is 49.8 Å². The van der Waals surface area contributed by atoms with E-state index >= 15 is 0 Å². The third kappa shape index (κ3) is 5.44. The van der Waals surface area contributed by atoms with Crippen molar-refractivity contribution in [2.45, 2.75) is 46.1 Å². The van der Waals surface area contributed by atoms with Gasteiger partial charge in [-0.2, -0.15) is 17.0 Å². The Kier molecular flexibility index (Phi) is 7.85. The molecular weight excluding hydrogens is 428 g/mol. The number of hydrogen-bond acceptors (Lipinski definition) is 5. The minimum atomic E-state index is -3.34. The predicted molar refractivity (Wildman–Crippen MR) is 126 cm³/mol. The monoisotopic (exact) mass is 466 g/mol. The van der Waals surface area contributed by atoms with E-state index in [9.17, 15) is 18.3 Å². The van der Waals surface area contributed by atoms with Gasteiger partial charge in [-0.15, -0.1) is 0 Å². The molecule has 0 bridgehead atoms. The van der Waals surface area contributed by atoms with Crippen molar-refractivity contribution in [2.75, 3.05) is 53.4 Å². The largest absolute Gasteiger partial charge is 0.507 e. The minimum absolute atomic E-state index is 0.102. The normalized spacial score (nSPS) is 20.6. The Balaban J connectivity index is 1.49. The first kappa shape index (κ1) is 25.0. The maximum Gasteiger partial charge on any atom is 0.281 e. The molecule has 2 saturated heterocycles. The van der Waals surface area contributed by atoms with Crippen LogP contribution in [-0.2, 0) is 21.4 Å². The second kappa shape index (κ2) is 10.1. The number of piperazine rings is 1. The molecule has 2 aliphatic rings. The number of phenolic OH excluding ortho intramolecular Hbond substituents is 1. The lowest BCUT2D eigenvalue weighted by Crippen LogP contribution is -2.56. The molecule has 32 heavy (non-hydrogen) atoms. The maximum atomic E-state index is 13.0. The molecule has 2 aliphatic heterocycles. The van der Waals surface area contributed by atoms with Gasteiger partial charge < -0.3 is 10.0 Å². The summed E-state index contributed by atoms with van der Waals surface area (Å²) in [6, 6.07) is 4.34. The number of piperidine rings is 1. The van der Waals surface area contributed by atoms with Crippen LogP contribution in [0.15, 0.2) is 12.1 Å². The van der Waals surface area contributed by atoms with Gasteiger partial charge in [0.15, 0.2) is 0 Å². The first-order valence-corrected chi connectivity index (χ1v) is 12.9. The third-order valence-electron chi connectivity index (χ3n) is 6.87. The number of phenols is 1. The van der Waals surface area contributed by atoms with Crippen molar-refractivity contribution in [2.24, 2.45) is 5.92 Å². The zero-order chi connectivity index (χ0) is 23.6. The zero-order valence-corrected chi connectivity index (χ0v) is 20.9. The number of amides is 1. The lowest BCUT2D eigenvalue weighted by atomic mass is 9.95. The number of aromatic hydroxyl groups is 1. The highest BCUT2D eigenvalue weighted by Crippen LogP contribution is 2.26. The van der Waals surface area contributed by atoms with E-state index < -0.39 is 10.2 Å². The number of carbonyl (C=O) groups is 1. The second-order valence-corrected chi connectivity index (χ2v) is 11.6. The molecule has 0 saturated carbocycles. The average Bonchev–Trinajstić information content (AvgIpc) is 2.77. The Morgan fingerprint density at radius 1 is 1.06 bits per heavy atom. The van der Waals surface area contributed by atoms with Crippen LogP contribution in [0.25, 0.3) is 0 Å². The number of nitrogens with zero attached hydrogens (tertiary/aromatic N) is 4. The van der Waals surface area contributed by atoms with E-state index in [0.717, 1.165) is 55.7 Å². The summed E-state index contributed by atoms with van der Waals surface area (Å²) < 4.78 is 27.4. The summed E-state index contributed by atoms with van der Waals surface area (Å²) in [7, 11) is -0.206. The summed E-state index contributed by atoms with van der Waals surface area (Å²) in [5.74, 6) is 0.415. The van der Waals surface area contributed by atoms with E-state index in [1.165, 1.54) is 4.31 Å². The van der Waals surface area contributed by atoms with Crippen LogP contribution in [0.5, 0.6) is 5.75 Å². The lowest BCUT2D eigenvalue weighted by molar-refractivity contribution is -0.136. The van der Waals surface area contributed by atoms with Gasteiger partial charge in [-0.1, -0.05) is 19.1 Å². The van der Waals surface area contributed by atoms with Gasteiger partial charge in [0.05, 0.1) is 0 Å². The molecule has 3 rings (SSSR count). The molecule has 1 aromatic carbocycles. The molecule has 2 heterocycles. The van der Waals surface area contributed by atoms with Gasteiger partial charge in [-0.3, -0.25) is 9.69 Å². The SMILES string of the molecule is Cc1cc(C[C@@H](C)C(=O)N2CCC(N3CCN(S(=O)(=O)N(C)C)CC3)CC2)cc(C)c1O. The number of aryl methyl sites for hydroxylation is 2. The summed E-state index contributed by atoms with van der Waals surface area (Å²) in [6.07, 6.45) is 2.52. The van der Waals surface area contributed by atoms with Gasteiger partial charge in [0, 0.05) is 65.3 Å². The molecule has 0 radical (unpaired) electrons. The molecule has 9 heteroatoms. The van der Waals surface area contributed by atoms with Gasteiger partial charge in [0.25, 0.3) is 10.2 Å². The molecule has 0 aromatic heterocycles. The van der Waals surface area contributed by atoms with E-state index in [1.54, 1.807) is 18.4 Å².